The number of rotatable bonds is 1. The molecule has 1 saturated carbocycles. The first-order valence-corrected chi connectivity index (χ1v) is 5.73. The predicted molar refractivity (Wildman–Crippen MR) is 53.7 cm³/mol. The fourth-order valence-corrected chi connectivity index (χ4v) is 2.68. The first-order valence-electron chi connectivity index (χ1n) is 5.73. The van der Waals surface area contributed by atoms with Gasteiger partial charge >= 0.3 is 0 Å². The molecule has 1 aliphatic heterocycles. The van der Waals surface area contributed by atoms with Crippen molar-refractivity contribution in [3.05, 3.63) is 0 Å². The third kappa shape index (κ3) is 1.89. The molecule has 0 aromatic carbocycles. The van der Waals surface area contributed by atoms with Gasteiger partial charge in [-0.2, -0.15) is 0 Å². The van der Waals surface area contributed by atoms with Crippen molar-refractivity contribution in [1.82, 2.24) is 4.90 Å². The van der Waals surface area contributed by atoms with Gasteiger partial charge in [0.15, 0.2) is 0 Å². The Kier molecular flexibility index (Phi) is 2.89. The highest BCUT2D eigenvalue weighted by atomic mass is 16.3. The van der Waals surface area contributed by atoms with Crippen LogP contribution in [0.5, 0.6) is 0 Å². The molecule has 0 bridgehead atoms. The normalized spacial score (nSPS) is 42.5. The van der Waals surface area contributed by atoms with Crippen molar-refractivity contribution < 1.29 is 5.11 Å². The van der Waals surface area contributed by atoms with Crippen LogP contribution in [0.4, 0.5) is 0 Å². The Morgan fingerprint density at radius 1 is 1.08 bits per heavy atom. The summed E-state index contributed by atoms with van der Waals surface area (Å²) in [7, 11) is 0. The summed E-state index contributed by atoms with van der Waals surface area (Å²) in [6.07, 6.45) is 7.36. The second-order valence-electron chi connectivity index (χ2n) is 4.65. The number of aliphatic hydroxyl groups is 1. The fourth-order valence-electron chi connectivity index (χ4n) is 2.68. The van der Waals surface area contributed by atoms with Crippen LogP contribution >= 0.6 is 0 Å². The van der Waals surface area contributed by atoms with Gasteiger partial charge in [0, 0.05) is 18.6 Å². The van der Waals surface area contributed by atoms with Crippen LogP contribution in [0.25, 0.3) is 0 Å². The van der Waals surface area contributed by atoms with Gasteiger partial charge in [0.05, 0.1) is 6.10 Å². The van der Waals surface area contributed by atoms with Crippen LogP contribution in [0.1, 0.15) is 45.4 Å². The predicted octanol–water partition coefficient (Wildman–Crippen LogP) is 1.77. The van der Waals surface area contributed by atoms with Crippen molar-refractivity contribution >= 4 is 0 Å². The van der Waals surface area contributed by atoms with Crippen LogP contribution in [0, 0.1) is 0 Å². The molecule has 2 heteroatoms. The molecule has 0 radical (unpaired) electrons. The molecule has 3 atom stereocenters. The summed E-state index contributed by atoms with van der Waals surface area (Å²) < 4.78 is 0. The molecule has 1 N–H and O–H groups in total. The number of hydrogen-bond donors (Lipinski definition) is 1. The van der Waals surface area contributed by atoms with E-state index in [0.717, 1.165) is 12.5 Å². The third-order valence-corrected chi connectivity index (χ3v) is 3.74. The number of likely N-dealkylation sites (tertiary alicyclic amines) is 1. The van der Waals surface area contributed by atoms with Gasteiger partial charge in [-0.25, -0.2) is 0 Å². The zero-order valence-electron chi connectivity index (χ0n) is 8.58. The molecule has 1 heterocycles. The van der Waals surface area contributed by atoms with Crippen LogP contribution in [0.15, 0.2) is 0 Å². The molecule has 2 nitrogen and oxygen atoms in total. The van der Waals surface area contributed by atoms with Crippen LogP contribution in [0.2, 0.25) is 0 Å². The van der Waals surface area contributed by atoms with Crippen LogP contribution < -0.4 is 0 Å². The van der Waals surface area contributed by atoms with E-state index in [1.54, 1.807) is 0 Å². The van der Waals surface area contributed by atoms with Gasteiger partial charge in [0.25, 0.3) is 0 Å². The minimum Gasteiger partial charge on any atom is -0.391 e. The minimum absolute atomic E-state index is 0.0507. The average molecular weight is 183 g/mol. The van der Waals surface area contributed by atoms with Gasteiger partial charge in [0.2, 0.25) is 0 Å². The maximum Gasteiger partial charge on any atom is 0.0695 e. The monoisotopic (exact) mass is 183 g/mol. The van der Waals surface area contributed by atoms with Gasteiger partial charge in [0.1, 0.15) is 0 Å². The van der Waals surface area contributed by atoms with E-state index in [-0.39, 0.29) is 6.10 Å². The van der Waals surface area contributed by atoms with Crippen molar-refractivity contribution in [2.24, 2.45) is 0 Å². The summed E-state index contributed by atoms with van der Waals surface area (Å²) in [4.78, 5) is 2.50. The van der Waals surface area contributed by atoms with Crippen molar-refractivity contribution in [1.29, 1.82) is 0 Å². The fraction of sp³-hybridized carbons (Fsp3) is 1.00. The van der Waals surface area contributed by atoms with E-state index in [0.29, 0.717) is 6.04 Å². The SMILES string of the molecule is CC1CCN1C1CCCCCC1O. The van der Waals surface area contributed by atoms with Crippen molar-refractivity contribution in [3.8, 4) is 0 Å². The van der Waals surface area contributed by atoms with E-state index in [9.17, 15) is 5.11 Å². The third-order valence-electron chi connectivity index (χ3n) is 3.74. The molecule has 0 spiro atoms. The lowest BCUT2D eigenvalue weighted by molar-refractivity contribution is -0.0221. The summed E-state index contributed by atoms with van der Waals surface area (Å²) >= 11 is 0. The molecule has 3 unspecified atom stereocenters. The molecule has 1 saturated heterocycles. The van der Waals surface area contributed by atoms with E-state index in [2.05, 4.69) is 11.8 Å². The summed E-state index contributed by atoms with van der Waals surface area (Å²) in [6.45, 7) is 3.49. The molecule has 76 valence electrons. The van der Waals surface area contributed by atoms with Gasteiger partial charge in [-0.1, -0.05) is 19.3 Å². The Morgan fingerprint density at radius 3 is 2.46 bits per heavy atom. The second-order valence-corrected chi connectivity index (χ2v) is 4.65. The second kappa shape index (κ2) is 3.97. The molecular weight excluding hydrogens is 162 g/mol. The lowest BCUT2D eigenvalue weighted by Gasteiger charge is -2.46. The quantitative estimate of drug-likeness (QED) is 0.626. The molecule has 2 aliphatic rings. The standard InChI is InChI=1S/C11H21NO/c1-9-7-8-12(9)10-5-3-2-4-6-11(10)13/h9-11,13H,2-8H2,1H3. The van der Waals surface area contributed by atoms with Gasteiger partial charge in [-0.15, -0.1) is 0 Å². The summed E-state index contributed by atoms with van der Waals surface area (Å²) in [5, 5.41) is 9.96. The maximum atomic E-state index is 9.96. The topological polar surface area (TPSA) is 23.5 Å². The highest BCUT2D eigenvalue weighted by Gasteiger charge is 2.34. The maximum absolute atomic E-state index is 9.96. The average Bonchev–Trinajstić information content (AvgIpc) is 2.30. The van der Waals surface area contributed by atoms with E-state index in [1.807, 2.05) is 0 Å². The van der Waals surface area contributed by atoms with Crippen molar-refractivity contribution in [3.63, 3.8) is 0 Å². The summed E-state index contributed by atoms with van der Waals surface area (Å²) in [6, 6.07) is 1.20. The molecule has 13 heavy (non-hydrogen) atoms. The van der Waals surface area contributed by atoms with Gasteiger partial charge in [-0.3, -0.25) is 4.90 Å². The Bertz CT molecular complexity index is 171. The smallest absolute Gasteiger partial charge is 0.0695 e. The molecule has 0 aromatic rings. The van der Waals surface area contributed by atoms with Gasteiger partial charge < -0.3 is 5.11 Å². The van der Waals surface area contributed by atoms with Crippen LogP contribution in [-0.4, -0.2) is 34.7 Å². The van der Waals surface area contributed by atoms with Crippen LogP contribution in [0.3, 0.4) is 0 Å². The molecule has 2 fully saturated rings. The Hall–Kier alpha value is -0.0800. The Labute approximate surface area is 80.9 Å². The van der Waals surface area contributed by atoms with E-state index >= 15 is 0 Å². The largest absolute Gasteiger partial charge is 0.391 e. The summed E-state index contributed by atoms with van der Waals surface area (Å²) in [5.41, 5.74) is 0. The molecule has 0 amide bonds. The zero-order chi connectivity index (χ0) is 9.26. The first kappa shape index (κ1) is 9.47. The number of hydrogen-bond acceptors (Lipinski definition) is 2. The highest BCUT2D eigenvalue weighted by Crippen LogP contribution is 2.29. The lowest BCUT2D eigenvalue weighted by atomic mass is 9.95. The van der Waals surface area contributed by atoms with Crippen LogP contribution in [-0.2, 0) is 0 Å². The molecular formula is C11H21NO. The summed E-state index contributed by atoms with van der Waals surface area (Å²) in [5.74, 6) is 0. The van der Waals surface area contributed by atoms with Crippen molar-refractivity contribution in [2.45, 2.75) is 63.6 Å². The zero-order valence-corrected chi connectivity index (χ0v) is 8.58. The van der Waals surface area contributed by atoms with Crippen molar-refractivity contribution in [2.75, 3.05) is 6.54 Å². The van der Waals surface area contributed by atoms with E-state index < -0.39 is 0 Å². The minimum atomic E-state index is -0.0507. The Morgan fingerprint density at radius 2 is 1.85 bits per heavy atom. The first-order chi connectivity index (χ1) is 6.29. The molecule has 2 rings (SSSR count). The Balaban J connectivity index is 1.94. The van der Waals surface area contributed by atoms with Gasteiger partial charge in [-0.05, 0) is 26.2 Å². The number of aliphatic hydroxyl groups excluding tert-OH is 1. The molecule has 0 aromatic heterocycles. The molecule has 1 aliphatic carbocycles. The number of nitrogens with zero attached hydrogens (tertiary/aromatic N) is 1. The lowest BCUT2D eigenvalue weighted by Crippen LogP contribution is -2.55. The van der Waals surface area contributed by atoms with E-state index in [4.69, 9.17) is 0 Å². The highest BCUT2D eigenvalue weighted by molar-refractivity contribution is 4.90. The van der Waals surface area contributed by atoms with E-state index in [1.165, 1.54) is 38.6 Å².